The maximum absolute atomic E-state index is 14.1. The number of halogens is 1. The van der Waals surface area contributed by atoms with Crippen LogP contribution in [0.1, 0.15) is 17.2 Å². The molecule has 6 nitrogen and oxygen atoms in total. The van der Waals surface area contributed by atoms with Crippen LogP contribution in [0.2, 0.25) is 0 Å². The molecule has 1 fully saturated rings. The first kappa shape index (κ1) is 21.3. The number of methoxy groups -OCH3 is 1. The molecule has 0 radical (unpaired) electrons. The minimum Gasteiger partial charge on any atom is -0.507 e. The van der Waals surface area contributed by atoms with Crippen molar-refractivity contribution in [2.75, 3.05) is 12.0 Å². The molecule has 2 heterocycles. The number of fused-ring (bicyclic) bond motifs is 1. The number of aliphatic hydroxyl groups is 1. The lowest BCUT2D eigenvalue weighted by atomic mass is 9.95. The molecule has 0 spiro atoms. The second-order valence-corrected chi connectivity index (χ2v) is 7.80. The van der Waals surface area contributed by atoms with Crippen molar-refractivity contribution < 1.29 is 23.8 Å². The Bertz CT molecular complexity index is 1460. The average molecular weight is 454 g/mol. The first-order chi connectivity index (χ1) is 16.5. The van der Waals surface area contributed by atoms with E-state index in [1.54, 1.807) is 30.5 Å². The molecule has 0 bridgehead atoms. The van der Waals surface area contributed by atoms with Crippen LogP contribution in [0.3, 0.4) is 0 Å². The van der Waals surface area contributed by atoms with Crippen molar-refractivity contribution in [2.24, 2.45) is 0 Å². The molecule has 0 saturated carbocycles. The first-order valence-corrected chi connectivity index (χ1v) is 10.5. The Morgan fingerprint density at radius 3 is 2.59 bits per heavy atom. The molecule has 1 amide bonds. The van der Waals surface area contributed by atoms with Crippen molar-refractivity contribution >= 4 is 33.9 Å². The number of anilines is 1. The van der Waals surface area contributed by atoms with E-state index in [1.165, 1.54) is 30.3 Å². The Hall–Kier alpha value is -4.52. The van der Waals surface area contributed by atoms with Gasteiger partial charge in [-0.05, 0) is 41.3 Å². The van der Waals surface area contributed by atoms with Crippen molar-refractivity contribution in [1.29, 1.82) is 0 Å². The minimum atomic E-state index is -0.979. The van der Waals surface area contributed by atoms with Crippen LogP contribution >= 0.6 is 0 Å². The number of amides is 1. The lowest BCUT2D eigenvalue weighted by Crippen LogP contribution is -2.29. The van der Waals surface area contributed by atoms with Gasteiger partial charge in [0.25, 0.3) is 11.7 Å². The zero-order valence-corrected chi connectivity index (χ0v) is 18.1. The molecule has 1 atom stereocenters. The monoisotopic (exact) mass is 454 g/mol. The fraction of sp³-hybridized carbons (Fsp3) is 0.0741. The molecular formula is C27H19FN2O4. The second-order valence-electron chi connectivity index (χ2n) is 7.80. The van der Waals surface area contributed by atoms with Gasteiger partial charge >= 0.3 is 0 Å². The SMILES string of the molecule is COc1ccc(F)cc1/C(O)=C1\C(=O)C(=O)N(c2cccc3ccccc23)C1c1cccnc1. The highest BCUT2D eigenvalue weighted by Gasteiger charge is 2.47. The number of Topliss-reactive ketones (excluding diaryl/α,β-unsaturated/α-hetero) is 1. The van der Waals surface area contributed by atoms with Gasteiger partial charge in [0.2, 0.25) is 0 Å². The predicted molar refractivity (Wildman–Crippen MR) is 126 cm³/mol. The molecule has 0 aliphatic carbocycles. The van der Waals surface area contributed by atoms with Gasteiger partial charge in [-0.25, -0.2) is 4.39 Å². The Morgan fingerprint density at radius 1 is 1.03 bits per heavy atom. The highest BCUT2D eigenvalue weighted by Crippen LogP contribution is 2.44. The maximum Gasteiger partial charge on any atom is 0.300 e. The lowest BCUT2D eigenvalue weighted by molar-refractivity contribution is -0.132. The number of aromatic nitrogens is 1. The third-order valence-electron chi connectivity index (χ3n) is 5.89. The summed E-state index contributed by atoms with van der Waals surface area (Å²) in [5.74, 6) is -2.66. The predicted octanol–water partition coefficient (Wildman–Crippen LogP) is 5.01. The summed E-state index contributed by atoms with van der Waals surface area (Å²) < 4.78 is 19.3. The van der Waals surface area contributed by atoms with E-state index in [1.807, 2.05) is 30.3 Å². The molecule has 1 saturated heterocycles. The third kappa shape index (κ3) is 3.38. The number of aliphatic hydroxyl groups excluding tert-OH is 1. The Kier molecular flexibility index (Phi) is 5.30. The quantitative estimate of drug-likeness (QED) is 0.266. The molecule has 1 unspecified atom stereocenters. The third-order valence-corrected chi connectivity index (χ3v) is 5.89. The van der Waals surface area contributed by atoms with Gasteiger partial charge in [0.1, 0.15) is 17.3 Å². The number of hydrogen-bond donors (Lipinski definition) is 1. The van der Waals surface area contributed by atoms with Crippen molar-refractivity contribution in [3.8, 4) is 5.75 Å². The summed E-state index contributed by atoms with van der Waals surface area (Å²) in [7, 11) is 1.37. The summed E-state index contributed by atoms with van der Waals surface area (Å²) in [6.07, 6.45) is 3.11. The van der Waals surface area contributed by atoms with Crippen molar-refractivity contribution in [3.05, 3.63) is 108 Å². The molecule has 1 aromatic heterocycles. The zero-order valence-electron chi connectivity index (χ0n) is 18.1. The summed E-state index contributed by atoms with van der Waals surface area (Å²) in [6.45, 7) is 0. The molecular weight excluding hydrogens is 435 g/mol. The highest BCUT2D eigenvalue weighted by atomic mass is 19.1. The number of nitrogens with zero attached hydrogens (tertiary/aromatic N) is 2. The molecule has 1 aliphatic rings. The molecule has 34 heavy (non-hydrogen) atoms. The zero-order chi connectivity index (χ0) is 23.8. The van der Waals surface area contributed by atoms with E-state index in [4.69, 9.17) is 4.74 Å². The van der Waals surface area contributed by atoms with E-state index in [0.717, 1.165) is 16.8 Å². The van der Waals surface area contributed by atoms with Gasteiger partial charge in [0, 0.05) is 17.8 Å². The Balaban J connectivity index is 1.80. The van der Waals surface area contributed by atoms with Gasteiger partial charge in [-0.15, -0.1) is 0 Å². The molecule has 168 valence electrons. The second kappa shape index (κ2) is 8.44. The highest BCUT2D eigenvalue weighted by molar-refractivity contribution is 6.52. The van der Waals surface area contributed by atoms with Crippen LogP contribution in [0, 0.1) is 5.82 Å². The Labute approximate surface area is 194 Å². The van der Waals surface area contributed by atoms with Gasteiger partial charge < -0.3 is 9.84 Å². The van der Waals surface area contributed by atoms with E-state index in [9.17, 15) is 19.1 Å². The smallest absolute Gasteiger partial charge is 0.300 e. The normalized spacial score (nSPS) is 17.4. The molecule has 5 rings (SSSR count). The van der Waals surface area contributed by atoms with Crippen molar-refractivity contribution in [2.45, 2.75) is 6.04 Å². The molecule has 7 heteroatoms. The fourth-order valence-corrected chi connectivity index (χ4v) is 4.36. The van der Waals surface area contributed by atoms with Crippen molar-refractivity contribution in [3.63, 3.8) is 0 Å². The summed E-state index contributed by atoms with van der Waals surface area (Å²) in [5, 5.41) is 12.9. The van der Waals surface area contributed by atoms with Crippen LogP contribution in [0.25, 0.3) is 16.5 Å². The summed E-state index contributed by atoms with van der Waals surface area (Å²) >= 11 is 0. The number of benzene rings is 3. The van der Waals surface area contributed by atoms with Crippen molar-refractivity contribution in [1.82, 2.24) is 4.98 Å². The number of ketones is 1. The van der Waals surface area contributed by atoms with Crippen LogP contribution in [-0.2, 0) is 9.59 Å². The fourth-order valence-electron chi connectivity index (χ4n) is 4.36. The van der Waals surface area contributed by atoms with E-state index in [-0.39, 0.29) is 16.9 Å². The number of carbonyl (C=O) groups is 2. The van der Waals surface area contributed by atoms with E-state index in [2.05, 4.69) is 4.98 Å². The lowest BCUT2D eigenvalue weighted by Gasteiger charge is -2.26. The van der Waals surface area contributed by atoms with Crippen LogP contribution in [0.4, 0.5) is 10.1 Å². The number of rotatable bonds is 4. The molecule has 3 aromatic carbocycles. The first-order valence-electron chi connectivity index (χ1n) is 10.5. The summed E-state index contributed by atoms with van der Waals surface area (Å²) in [5.41, 5.74) is 0.841. The van der Waals surface area contributed by atoms with Gasteiger partial charge in [0.05, 0.1) is 30.0 Å². The number of pyridine rings is 1. The average Bonchev–Trinajstić information content (AvgIpc) is 3.14. The molecule has 4 aromatic rings. The van der Waals surface area contributed by atoms with E-state index < -0.39 is 29.3 Å². The number of ether oxygens (including phenoxy) is 1. The van der Waals surface area contributed by atoms with Gasteiger partial charge in [-0.2, -0.15) is 0 Å². The largest absolute Gasteiger partial charge is 0.507 e. The van der Waals surface area contributed by atoms with Gasteiger partial charge in [-0.3, -0.25) is 19.5 Å². The van der Waals surface area contributed by atoms with Crippen LogP contribution < -0.4 is 9.64 Å². The van der Waals surface area contributed by atoms with Gasteiger partial charge in [-0.1, -0.05) is 42.5 Å². The minimum absolute atomic E-state index is 0.0210. The topological polar surface area (TPSA) is 79.7 Å². The van der Waals surface area contributed by atoms with Gasteiger partial charge in [0.15, 0.2) is 0 Å². The molecule has 1 aliphatic heterocycles. The summed E-state index contributed by atoms with van der Waals surface area (Å²) in [6, 6.07) is 19.0. The molecule has 1 N–H and O–H groups in total. The van der Waals surface area contributed by atoms with Crippen LogP contribution in [0.15, 0.2) is 90.8 Å². The summed E-state index contributed by atoms with van der Waals surface area (Å²) in [4.78, 5) is 32.3. The van der Waals surface area contributed by atoms with Crippen LogP contribution in [0.5, 0.6) is 5.75 Å². The number of carbonyl (C=O) groups excluding carboxylic acids is 2. The van der Waals surface area contributed by atoms with E-state index >= 15 is 0 Å². The maximum atomic E-state index is 14.1. The Morgan fingerprint density at radius 2 is 1.82 bits per heavy atom. The number of hydrogen-bond acceptors (Lipinski definition) is 5. The standard InChI is InChI=1S/C27H19FN2O4/c1-34-22-12-11-18(28)14-20(22)25(31)23-24(17-8-5-13-29-15-17)30(27(33)26(23)32)21-10-4-7-16-6-2-3-9-19(16)21/h2-15,24,31H,1H3/b25-23+. The van der Waals surface area contributed by atoms with Crippen LogP contribution in [-0.4, -0.2) is 28.9 Å². The van der Waals surface area contributed by atoms with E-state index in [0.29, 0.717) is 11.3 Å².